The number of aromatic amines is 1. The molecule has 0 saturated heterocycles. The minimum Gasteiger partial charge on any atom is -0.339 e. The van der Waals surface area contributed by atoms with Gasteiger partial charge in [-0.05, 0) is 30.3 Å². The fourth-order valence-corrected chi connectivity index (χ4v) is 2.51. The van der Waals surface area contributed by atoms with Gasteiger partial charge in [0.15, 0.2) is 0 Å². The van der Waals surface area contributed by atoms with E-state index < -0.39 is 0 Å². The average Bonchev–Trinajstić information content (AvgIpc) is 2.85. The molecule has 4 heterocycles. The Hall–Kier alpha value is -2.46. The van der Waals surface area contributed by atoms with Crippen molar-refractivity contribution in [2.75, 3.05) is 0 Å². The lowest BCUT2D eigenvalue weighted by atomic mass is 10.1. The predicted molar refractivity (Wildman–Crippen MR) is 79.6 cm³/mol. The van der Waals surface area contributed by atoms with E-state index in [4.69, 9.17) is 11.6 Å². The van der Waals surface area contributed by atoms with Crippen molar-refractivity contribution >= 4 is 33.5 Å². The fraction of sp³-hybridized carbons (Fsp3) is 0. The molecule has 0 amide bonds. The molecule has 0 bridgehead atoms. The SMILES string of the molecule is Clc1cc(-c2ccc3c(n2)[nH]c2ccncc23)ccn1. The minimum absolute atomic E-state index is 0.463. The molecule has 0 aromatic carbocycles. The molecule has 4 nitrogen and oxygen atoms in total. The first kappa shape index (κ1) is 11.4. The Kier molecular flexibility index (Phi) is 2.44. The second-order valence-corrected chi connectivity index (χ2v) is 4.89. The van der Waals surface area contributed by atoms with Crippen LogP contribution in [-0.2, 0) is 0 Å². The zero-order chi connectivity index (χ0) is 13.5. The van der Waals surface area contributed by atoms with Crippen LogP contribution in [0.3, 0.4) is 0 Å². The molecule has 0 unspecified atom stereocenters. The van der Waals surface area contributed by atoms with Gasteiger partial charge in [-0.2, -0.15) is 0 Å². The second kappa shape index (κ2) is 4.28. The van der Waals surface area contributed by atoms with Crippen LogP contribution in [0.4, 0.5) is 0 Å². The van der Waals surface area contributed by atoms with Crippen LogP contribution in [0.1, 0.15) is 0 Å². The van der Waals surface area contributed by atoms with Crippen LogP contribution < -0.4 is 0 Å². The van der Waals surface area contributed by atoms with Crippen molar-refractivity contribution in [2.45, 2.75) is 0 Å². The summed E-state index contributed by atoms with van der Waals surface area (Å²) in [5.74, 6) is 0. The molecule has 4 aromatic heterocycles. The molecular weight excluding hydrogens is 272 g/mol. The van der Waals surface area contributed by atoms with Gasteiger partial charge in [-0.3, -0.25) is 4.98 Å². The van der Waals surface area contributed by atoms with Crippen molar-refractivity contribution in [3.63, 3.8) is 0 Å². The van der Waals surface area contributed by atoms with E-state index in [1.165, 1.54) is 0 Å². The van der Waals surface area contributed by atoms with Crippen LogP contribution >= 0.6 is 11.6 Å². The Labute approximate surface area is 119 Å². The van der Waals surface area contributed by atoms with Crippen LogP contribution in [0.15, 0.2) is 48.9 Å². The van der Waals surface area contributed by atoms with Gasteiger partial charge in [0.2, 0.25) is 0 Å². The lowest BCUT2D eigenvalue weighted by Gasteiger charge is -2.01. The topological polar surface area (TPSA) is 54.5 Å². The van der Waals surface area contributed by atoms with E-state index in [-0.39, 0.29) is 0 Å². The van der Waals surface area contributed by atoms with E-state index in [1.54, 1.807) is 18.5 Å². The standard InChI is InChI=1S/C15H9ClN4/c16-14-7-9(3-6-18-14)12-2-1-10-11-8-17-5-4-13(11)20-15(10)19-12/h1-8H,(H,19,20). The molecule has 96 valence electrons. The number of hydrogen-bond donors (Lipinski definition) is 1. The number of H-pyrrole nitrogens is 1. The van der Waals surface area contributed by atoms with Gasteiger partial charge in [0.05, 0.1) is 11.2 Å². The monoisotopic (exact) mass is 280 g/mol. The molecular formula is C15H9ClN4. The van der Waals surface area contributed by atoms with Crippen molar-refractivity contribution in [1.82, 2.24) is 19.9 Å². The number of halogens is 1. The van der Waals surface area contributed by atoms with E-state index in [1.807, 2.05) is 30.5 Å². The predicted octanol–water partition coefficient (Wildman–Crippen LogP) is 3.83. The molecule has 0 fully saturated rings. The van der Waals surface area contributed by atoms with Gasteiger partial charge in [-0.25, -0.2) is 9.97 Å². The normalized spacial score (nSPS) is 11.2. The van der Waals surface area contributed by atoms with Crippen molar-refractivity contribution in [1.29, 1.82) is 0 Å². The summed E-state index contributed by atoms with van der Waals surface area (Å²) in [7, 11) is 0. The lowest BCUT2D eigenvalue weighted by Crippen LogP contribution is -1.85. The summed E-state index contributed by atoms with van der Waals surface area (Å²) in [6.45, 7) is 0. The highest BCUT2D eigenvalue weighted by Crippen LogP contribution is 2.26. The first-order valence-corrected chi connectivity index (χ1v) is 6.53. The largest absolute Gasteiger partial charge is 0.339 e. The van der Waals surface area contributed by atoms with Crippen molar-refractivity contribution in [3.05, 3.63) is 54.1 Å². The van der Waals surface area contributed by atoms with Crippen molar-refractivity contribution in [2.24, 2.45) is 0 Å². The molecule has 0 aliphatic heterocycles. The molecule has 0 spiro atoms. The minimum atomic E-state index is 0.463. The van der Waals surface area contributed by atoms with E-state index in [0.29, 0.717) is 5.15 Å². The van der Waals surface area contributed by atoms with E-state index in [0.717, 1.165) is 33.2 Å². The molecule has 4 rings (SSSR count). The Bertz CT molecular complexity index is 929. The maximum atomic E-state index is 5.92. The molecule has 5 heteroatoms. The maximum absolute atomic E-state index is 5.92. The molecule has 4 aromatic rings. The highest BCUT2D eigenvalue weighted by atomic mass is 35.5. The Morgan fingerprint density at radius 1 is 1.00 bits per heavy atom. The number of rotatable bonds is 1. The van der Waals surface area contributed by atoms with Gasteiger partial charge in [0, 0.05) is 34.9 Å². The van der Waals surface area contributed by atoms with Crippen molar-refractivity contribution < 1.29 is 0 Å². The summed E-state index contributed by atoms with van der Waals surface area (Å²) >= 11 is 5.92. The van der Waals surface area contributed by atoms with Crippen molar-refractivity contribution in [3.8, 4) is 11.3 Å². The maximum Gasteiger partial charge on any atom is 0.139 e. The number of fused-ring (bicyclic) bond motifs is 3. The average molecular weight is 281 g/mol. The second-order valence-electron chi connectivity index (χ2n) is 4.51. The van der Waals surface area contributed by atoms with Crippen LogP contribution in [0.25, 0.3) is 33.2 Å². The number of nitrogens with one attached hydrogen (secondary N) is 1. The quantitative estimate of drug-likeness (QED) is 0.539. The van der Waals surface area contributed by atoms with Crippen LogP contribution in [0.2, 0.25) is 5.15 Å². The third-order valence-electron chi connectivity index (χ3n) is 3.28. The molecule has 0 saturated carbocycles. The molecule has 0 aliphatic rings. The smallest absolute Gasteiger partial charge is 0.139 e. The molecule has 0 radical (unpaired) electrons. The summed E-state index contributed by atoms with van der Waals surface area (Å²) in [5.41, 5.74) is 3.69. The molecule has 1 N–H and O–H groups in total. The van der Waals surface area contributed by atoms with Crippen LogP contribution in [-0.4, -0.2) is 19.9 Å². The molecule has 0 aliphatic carbocycles. The van der Waals surface area contributed by atoms with Gasteiger partial charge in [-0.1, -0.05) is 11.6 Å². The van der Waals surface area contributed by atoms with Gasteiger partial charge in [0.25, 0.3) is 0 Å². The summed E-state index contributed by atoms with van der Waals surface area (Å²) in [6, 6.07) is 9.67. The Morgan fingerprint density at radius 3 is 2.85 bits per heavy atom. The Morgan fingerprint density at radius 2 is 1.95 bits per heavy atom. The van der Waals surface area contributed by atoms with Crippen LogP contribution in [0, 0.1) is 0 Å². The number of pyridine rings is 3. The number of aromatic nitrogens is 4. The van der Waals surface area contributed by atoms with Gasteiger partial charge in [0.1, 0.15) is 10.8 Å². The third-order valence-corrected chi connectivity index (χ3v) is 3.49. The fourth-order valence-electron chi connectivity index (χ4n) is 2.34. The van der Waals surface area contributed by atoms with E-state index >= 15 is 0 Å². The lowest BCUT2D eigenvalue weighted by molar-refractivity contribution is 1.30. The third kappa shape index (κ3) is 1.73. The number of nitrogens with zero attached hydrogens (tertiary/aromatic N) is 3. The molecule has 0 atom stereocenters. The summed E-state index contributed by atoms with van der Waals surface area (Å²) in [4.78, 5) is 16.1. The summed E-state index contributed by atoms with van der Waals surface area (Å²) in [6.07, 6.45) is 5.29. The van der Waals surface area contributed by atoms with E-state index in [9.17, 15) is 0 Å². The highest BCUT2D eigenvalue weighted by molar-refractivity contribution is 6.29. The Balaban J connectivity index is 1.97. The number of hydrogen-bond acceptors (Lipinski definition) is 3. The van der Waals surface area contributed by atoms with E-state index in [2.05, 4.69) is 19.9 Å². The van der Waals surface area contributed by atoms with Gasteiger partial charge in [-0.15, -0.1) is 0 Å². The first-order chi connectivity index (χ1) is 9.81. The van der Waals surface area contributed by atoms with Gasteiger partial charge >= 0.3 is 0 Å². The summed E-state index contributed by atoms with van der Waals surface area (Å²) < 4.78 is 0. The summed E-state index contributed by atoms with van der Waals surface area (Å²) in [5, 5.41) is 2.61. The first-order valence-electron chi connectivity index (χ1n) is 6.16. The van der Waals surface area contributed by atoms with Gasteiger partial charge < -0.3 is 4.98 Å². The zero-order valence-electron chi connectivity index (χ0n) is 10.3. The highest BCUT2D eigenvalue weighted by Gasteiger charge is 2.07. The zero-order valence-corrected chi connectivity index (χ0v) is 11.1. The van der Waals surface area contributed by atoms with Crippen LogP contribution in [0.5, 0.6) is 0 Å². The molecule has 20 heavy (non-hydrogen) atoms.